The fourth-order valence-corrected chi connectivity index (χ4v) is 3.09. The lowest BCUT2D eigenvalue weighted by molar-refractivity contribution is 0.498. The zero-order valence-electron chi connectivity index (χ0n) is 13.1. The third-order valence-electron chi connectivity index (χ3n) is 3.94. The summed E-state index contributed by atoms with van der Waals surface area (Å²) in [6.45, 7) is 1.75. The van der Waals surface area contributed by atoms with Crippen molar-refractivity contribution in [3.8, 4) is 0 Å². The van der Waals surface area contributed by atoms with E-state index in [2.05, 4.69) is 20.2 Å². The van der Waals surface area contributed by atoms with E-state index in [-0.39, 0.29) is 10.9 Å². The molecule has 1 fully saturated rings. The van der Waals surface area contributed by atoms with Crippen LogP contribution >= 0.6 is 0 Å². The number of benzene rings is 1. The second-order valence-corrected chi connectivity index (χ2v) is 7.32. The van der Waals surface area contributed by atoms with Crippen molar-refractivity contribution in [2.75, 3.05) is 23.3 Å². The molecule has 0 atom stereocenters. The van der Waals surface area contributed by atoms with Crippen LogP contribution in [0, 0.1) is 0 Å². The molecule has 0 aliphatic carbocycles. The second-order valence-electron chi connectivity index (χ2n) is 5.76. The fraction of sp³-hybridized carbons (Fsp3) is 0.333. The molecule has 9 heteroatoms. The molecular formula is C15H20N6O2S. The van der Waals surface area contributed by atoms with Crippen molar-refractivity contribution in [3.63, 3.8) is 0 Å². The van der Waals surface area contributed by atoms with Crippen LogP contribution in [-0.2, 0) is 10.0 Å². The molecule has 0 amide bonds. The van der Waals surface area contributed by atoms with Gasteiger partial charge in [-0.2, -0.15) is 4.98 Å². The Labute approximate surface area is 140 Å². The highest BCUT2D eigenvalue weighted by Gasteiger charge is 2.17. The number of hydrogen-bond donors (Lipinski definition) is 3. The van der Waals surface area contributed by atoms with Crippen molar-refractivity contribution in [3.05, 3.63) is 36.5 Å². The Bertz CT molecular complexity index is 801. The Morgan fingerprint density at radius 1 is 1.12 bits per heavy atom. The van der Waals surface area contributed by atoms with Gasteiger partial charge in [-0.1, -0.05) is 0 Å². The average Bonchev–Trinajstić information content (AvgIpc) is 2.55. The SMILES string of the molecule is NC1CCN(c2ccnc(Nc3ccc(S(N)(=O)=O)cc3)n2)CC1. The lowest BCUT2D eigenvalue weighted by Gasteiger charge is -2.31. The molecule has 1 aliphatic rings. The molecule has 128 valence electrons. The van der Waals surface area contributed by atoms with Crippen LogP contribution in [0.3, 0.4) is 0 Å². The summed E-state index contributed by atoms with van der Waals surface area (Å²) in [6.07, 6.45) is 3.58. The highest BCUT2D eigenvalue weighted by Crippen LogP contribution is 2.20. The first kappa shape index (κ1) is 16.6. The highest BCUT2D eigenvalue weighted by atomic mass is 32.2. The second kappa shape index (κ2) is 6.71. The molecule has 0 saturated carbocycles. The van der Waals surface area contributed by atoms with Crippen LogP contribution in [0.2, 0.25) is 0 Å². The predicted octanol–water partition coefficient (Wildman–Crippen LogP) is 0.795. The number of nitrogens with one attached hydrogen (secondary N) is 1. The Hall–Kier alpha value is -2.23. The predicted molar refractivity (Wildman–Crippen MR) is 92.6 cm³/mol. The first-order valence-corrected chi connectivity index (χ1v) is 9.20. The fourth-order valence-electron chi connectivity index (χ4n) is 2.57. The molecule has 0 spiro atoms. The van der Waals surface area contributed by atoms with Gasteiger partial charge in [-0.15, -0.1) is 0 Å². The van der Waals surface area contributed by atoms with Crippen LogP contribution in [0.1, 0.15) is 12.8 Å². The number of nitrogens with zero attached hydrogens (tertiary/aromatic N) is 3. The van der Waals surface area contributed by atoms with Crippen LogP contribution in [0.4, 0.5) is 17.5 Å². The van der Waals surface area contributed by atoms with Gasteiger partial charge in [0.2, 0.25) is 16.0 Å². The molecule has 0 unspecified atom stereocenters. The molecule has 3 rings (SSSR count). The topological polar surface area (TPSA) is 127 Å². The van der Waals surface area contributed by atoms with Crippen molar-refractivity contribution in [2.45, 2.75) is 23.8 Å². The summed E-state index contributed by atoms with van der Waals surface area (Å²) in [5.74, 6) is 1.30. The lowest BCUT2D eigenvalue weighted by atomic mass is 10.1. The molecule has 1 aliphatic heterocycles. The molecular weight excluding hydrogens is 328 g/mol. The first-order valence-electron chi connectivity index (χ1n) is 7.65. The van der Waals surface area contributed by atoms with Gasteiger partial charge >= 0.3 is 0 Å². The molecule has 24 heavy (non-hydrogen) atoms. The van der Waals surface area contributed by atoms with Gasteiger partial charge < -0.3 is 16.0 Å². The number of piperidine rings is 1. The van der Waals surface area contributed by atoms with Gasteiger partial charge in [0.05, 0.1) is 4.90 Å². The van der Waals surface area contributed by atoms with Gasteiger partial charge in [0.15, 0.2) is 0 Å². The number of nitrogens with two attached hydrogens (primary N) is 2. The van der Waals surface area contributed by atoms with E-state index in [0.29, 0.717) is 11.6 Å². The Morgan fingerprint density at radius 2 is 1.79 bits per heavy atom. The minimum Gasteiger partial charge on any atom is -0.356 e. The van der Waals surface area contributed by atoms with Gasteiger partial charge in [-0.05, 0) is 43.2 Å². The minimum atomic E-state index is -3.69. The van der Waals surface area contributed by atoms with E-state index in [1.54, 1.807) is 18.3 Å². The highest BCUT2D eigenvalue weighted by molar-refractivity contribution is 7.89. The van der Waals surface area contributed by atoms with Crippen molar-refractivity contribution in [1.29, 1.82) is 0 Å². The number of aromatic nitrogens is 2. The van der Waals surface area contributed by atoms with Crippen molar-refractivity contribution in [1.82, 2.24) is 9.97 Å². The summed E-state index contributed by atoms with van der Waals surface area (Å²) in [7, 11) is -3.69. The summed E-state index contributed by atoms with van der Waals surface area (Å²) in [6, 6.07) is 8.25. The zero-order valence-corrected chi connectivity index (χ0v) is 13.9. The summed E-state index contributed by atoms with van der Waals surface area (Å²) in [4.78, 5) is 11.0. The van der Waals surface area contributed by atoms with Gasteiger partial charge in [-0.3, -0.25) is 0 Å². The molecule has 5 N–H and O–H groups in total. The molecule has 1 saturated heterocycles. The number of primary sulfonamides is 1. The molecule has 0 bridgehead atoms. The molecule has 1 aromatic heterocycles. The quantitative estimate of drug-likeness (QED) is 0.745. The normalized spacial score (nSPS) is 16.2. The van der Waals surface area contributed by atoms with E-state index in [9.17, 15) is 8.42 Å². The molecule has 2 aromatic rings. The van der Waals surface area contributed by atoms with E-state index >= 15 is 0 Å². The van der Waals surface area contributed by atoms with Crippen LogP contribution < -0.4 is 21.1 Å². The van der Waals surface area contributed by atoms with E-state index in [1.165, 1.54) is 12.1 Å². The number of rotatable bonds is 4. The van der Waals surface area contributed by atoms with Crippen LogP contribution in [0.15, 0.2) is 41.4 Å². The van der Waals surface area contributed by atoms with Crippen molar-refractivity contribution in [2.24, 2.45) is 10.9 Å². The van der Waals surface area contributed by atoms with E-state index in [4.69, 9.17) is 10.9 Å². The monoisotopic (exact) mass is 348 g/mol. The summed E-state index contributed by atoms with van der Waals surface area (Å²) < 4.78 is 22.5. The Kier molecular flexibility index (Phi) is 4.65. The van der Waals surface area contributed by atoms with Crippen molar-refractivity contribution >= 4 is 27.5 Å². The minimum absolute atomic E-state index is 0.0624. The average molecular weight is 348 g/mol. The standard InChI is InChI=1S/C15H20N6O2S/c16-11-6-9-21(10-7-11)14-5-8-18-15(20-14)19-12-1-3-13(4-2-12)24(17,22)23/h1-5,8,11H,6-7,9-10,16H2,(H2,17,22,23)(H,18,19,20). The van der Waals surface area contributed by atoms with Crippen LogP contribution in [0.5, 0.6) is 0 Å². The van der Waals surface area contributed by atoms with Gasteiger partial charge in [0, 0.05) is 31.0 Å². The number of sulfonamides is 1. The summed E-state index contributed by atoms with van der Waals surface area (Å²) in [5.41, 5.74) is 6.61. The van der Waals surface area contributed by atoms with E-state index < -0.39 is 10.0 Å². The molecule has 8 nitrogen and oxygen atoms in total. The molecule has 1 aromatic carbocycles. The maximum atomic E-state index is 11.3. The first-order chi connectivity index (χ1) is 11.4. The maximum Gasteiger partial charge on any atom is 0.238 e. The van der Waals surface area contributed by atoms with Crippen molar-refractivity contribution < 1.29 is 8.42 Å². The summed E-state index contributed by atoms with van der Waals surface area (Å²) >= 11 is 0. The maximum absolute atomic E-state index is 11.3. The third kappa shape index (κ3) is 3.99. The van der Waals surface area contributed by atoms with Gasteiger partial charge in [0.1, 0.15) is 5.82 Å². The zero-order chi connectivity index (χ0) is 17.2. The van der Waals surface area contributed by atoms with E-state index in [1.807, 2.05) is 6.07 Å². The number of anilines is 3. The summed E-state index contributed by atoms with van der Waals surface area (Å²) in [5, 5.41) is 8.15. The largest absolute Gasteiger partial charge is 0.356 e. The third-order valence-corrected chi connectivity index (χ3v) is 4.87. The number of hydrogen-bond acceptors (Lipinski definition) is 7. The van der Waals surface area contributed by atoms with Gasteiger partial charge in [0.25, 0.3) is 0 Å². The van der Waals surface area contributed by atoms with Crippen LogP contribution in [-0.4, -0.2) is 37.5 Å². The smallest absolute Gasteiger partial charge is 0.238 e. The molecule has 2 heterocycles. The van der Waals surface area contributed by atoms with E-state index in [0.717, 1.165) is 31.7 Å². The van der Waals surface area contributed by atoms with Crippen LogP contribution in [0.25, 0.3) is 0 Å². The van der Waals surface area contributed by atoms with Gasteiger partial charge in [-0.25, -0.2) is 18.5 Å². The Balaban J connectivity index is 1.73. The Morgan fingerprint density at radius 3 is 2.42 bits per heavy atom. The molecule has 0 radical (unpaired) electrons. The lowest BCUT2D eigenvalue weighted by Crippen LogP contribution is -2.40.